The second kappa shape index (κ2) is 13.0. The van der Waals surface area contributed by atoms with Crippen LogP contribution in [0.1, 0.15) is 5.56 Å². The summed E-state index contributed by atoms with van der Waals surface area (Å²) in [4.78, 5) is 9.39. The van der Waals surface area contributed by atoms with Crippen molar-refractivity contribution in [3.05, 3.63) is 205 Å². The Morgan fingerprint density at radius 2 is 0.967 bits per heavy atom. The Labute approximate surface area is 345 Å². The van der Waals surface area contributed by atoms with Gasteiger partial charge >= 0.3 is 0 Å². The number of hydrogen-bond acceptors (Lipinski definition) is 2. The highest BCUT2D eigenvalue weighted by Crippen LogP contribution is 2.53. The summed E-state index contributed by atoms with van der Waals surface area (Å²) in [7, 11) is 0. The van der Waals surface area contributed by atoms with Gasteiger partial charge in [0.25, 0.3) is 0 Å². The van der Waals surface area contributed by atoms with Crippen LogP contribution < -0.4 is 0 Å². The largest absolute Gasteiger partial charge is 0.318 e. The second-order valence-corrected chi connectivity index (χ2v) is 15.2. The van der Waals surface area contributed by atoms with Gasteiger partial charge in [0, 0.05) is 49.6 Å². The lowest BCUT2D eigenvalue weighted by Gasteiger charge is -2.25. The summed E-state index contributed by atoms with van der Waals surface area (Å²) in [5, 5.41) is 19.3. The Kier molecular flexibility index (Phi) is 7.29. The normalized spacial score (nSPS) is 11.6. The van der Waals surface area contributed by atoms with E-state index in [0.717, 1.165) is 104 Å². The molecule has 5 heteroatoms. The van der Waals surface area contributed by atoms with Crippen LogP contribution in [0, 0.1) is 17.9 Å². The molecule has 0 aliphatic heterocycles. The molecule has 0 saturated heterocycles. The van der Waals surface area contributed by atoms with Gasteiger partial charge in [-0.2, -0.15) is 5.26 Å². The van der Waals surface area contributed by atoms with Gasteiger partial charge in [-0.15, -0.1) is 0 Å². The molecule has 0 unspecified atom stereocenters. The Hall–Kier alpha value is -8.51. The zero-order valence-corrected chi connectivity index (χ0v) is 32.1. The SMILES string of the molecule is [C-]#[N+]c1c(-c2ccccc2)c(C#N)c(-n2c3ccccc3c3c(-c4ccccc4)cccc32)c(-c2ccccc2)c1-n1c2cccc3c4cccnc4c4cccc1c4c32. The van der Waals surface area contributed by atoms with Gasteiger partial charge in [-0.3, -0.25) is 4.98 Å². The molecular formula is C55H31N5. The van der Waals surface area contributed by atoms with Crippen molar-refractivity contribution in [2.24, 2.45) is 0 Å². The average molecular weight is 762 g/mol. The van der Waals surface area contributed by atoms with Crippen LogP contribution in [0.3, 0.4) is 0 Å². The van der Waals surface area contributed by atoms with Gasteiger partial charge in [-0.1, -0.05) is 152 Å². The number of nitriles is 1. The molecule has 0 amide bonds. The third kappa shape index (κ3) is 4.57. The summed E-state index contributed by atoms with van der Waals surface area (Å²) in [6.45, 7) is 9.14. The highest BCUT2D eigenvalue weighted by atomic mass is 15.0. The fourth-order valence-corrected chi connectivity index (χ4v) is 9.86. The molecule has 0 fully saturated rings. The summed E-state index contributed by atoms with van der Waals surface area (Å²) in [6.07, 6.45) is 1.86. The minimum Gasteiger partial charge on any atom is -0.318 e. The summed E-state index contributed by atoms with van der Waals surface area (Å²) >= 11 is 0. The molecule has 12 rings (SSSR count). The van der Waals surface area contributed by atoms with E-state index in [-0.39, 0.29) is 0 Å². The van der Waals surface area contributed by atoms with Crippen molar-refractivity contribution in [3.8, 4) is 50.8 Å². The number of rotatable bonds is 5. The summed E-state index contributed by atoms with van der Waals surface area (Å²) in [5.41, 5.74) is 12.5. The maximum atomic E-state index is 11.7. The minimum absolute atomic E-state index is 0.413. The van der Waals surface area contributed by atoms with E-state index in [2.05, 4.69) is 141 Å². The van der Waals surface area contributed by atoms with Crippen molar-refractivity contribution in [1.29, 1.82) is 5.26 Å². The first-order valence-corrected chi connectivity index (χ1v) is 20.0. The van der Waals surface area contributed by atoms with Crippen molar-refractivity contribution in [3.63, 3.8) is 0 Å². The minimum atomic E-state index is 0.413. The van der Waals surface area contributed by atoms with Gasteiger partial charge in [-0.25, -0.2) is 4.85 Å². The number of aromatic nitrogens is 3. The second-order valence-electron chi connectivity index (χ2n) is 15.2. The fourth-order valence-electron chi connectivity index (χ4n) is 9.86. The number of benzene rings is 9. The number of para-hydroxylation sites is 1. The lowest BCUT2D eigenvalue weighted by atomic mass is 9.88. The Morgan fingerprint density at radius 1 is 0.450 bits per heavy atom. The van der Waals surface area contributed by atoms with E-state index in [9.17, 15) is 5.26 Å². The smallest absolute Gasteiger partial charge is 0.220 e. The third-order valence-corrected chi connectivity index (χ3v) is 12.2. The van der Waals surface area contributed by atoms with Crippen molar-refractivity contribution in [1.82, 2.24) is 14.1 Å². The van der Waals surface area contributed by atoms with E-state index in [1.807, 2.05) is 66.9 Å². The van der Waals surface area contributed by atoms with Crippen LogP contribution in [-0.4, -0.2) is 14.1 Å². The summed E-state index contributed by atoms with van der Waals surface area (Å²) in [6, 6.07) is 65.4. The van der Waals surface area contributed by atoms with Crippen LogP contribution in [0.15, 0.2) is 188 Å². The molecule has 276 valence electrons. The highest BCUT2D eigenvalue weighted by molar-refractivity contribution is 6.34. The van der Waals surface area contributed by atoms with Crippen LogP contribution in [0.5, 0.6) is 0 Å². The van der Waals surface area contributed by atoms with E-state index in [1.54, 1.807) is 0 Å². The molecule has 0 radical (unpaired) electrons. The molecule has 9 aromatic carbocycles. The molecule has 3 aromatic heterocycles. The van der Waals surface area contributed by atoms with Gasteiger partial charge < -0.3 is 9.13 Å². The highest BCUT2D eigenvalue weighted by Gasteiger charge is 2.32. The number of fused-ring (bicyclic) bond motifs is 6. The van der Waals surface area contributed by atoms with Gasteiger partial charge in [0.2, 0.25) is 5.69 Å². The van der Waals surface area contributed by atoms with Gasteiger partial charge in [-0.05, 0) is 58.0 Å². The zero-order valence-electron chi connectivity index (χ0n) is 32.1. The monoisotopic (exact) mass is 761 g/mol. The molecule has 0 spiro atoms. The summed E-state index contributed by atoms with van der Waals surface area (Å²) in [5.74, 6) is 0. The quantitative estimate of drug-likeness (QED) is 0.130. The van der Waals surface area contributed by atoms with E-state index in [0.29, 0.717) is 16.8 Å². The van der Waals surface area contributed by atoms with Crippen molar-refractivity contribution < 1.29 is 0 Å². The zero-order chi connectivity index (χ0) is 39.9. The molecule has 60 heavy (non-hydrogen) atoms. The predicted octanol–water partition coefficient (Wildman–Crippen LogP) is 14.4. The van der Waals surface area contributed by atoms with Crippen molar-refractivity contribution >= 4 is 71.0 Å². The standard InChI is InChI=1S/C55H31N5/c1-57-53-47(35-19-7-3-8-20-35)42(33-56)54(59-43-28-12-11-23-40(43)49-37(24-13-29-44(49)59)34-17-5-2-6-18-34)48(36-21-9-4-10-22-36)55(53)60-45-30-14-25-38-39-27-16-32-58-52(39)41-26-15-31-46(60)51(41)50(38)45/h2-32H. The first-order chi connectivity index (χ1) is 29.8. The first-order valence-electron chi connectivity index (χ1n) is 20.0. The maximum absolute atomic E-state index is 11.7. The van der Waals surface area contributed by atoms with Crippen LogP contribution >= 0.6 is 0 Å². The van der Waals surface area contributed by atoms with Crippen LogP contribution in [0.25, 0.3) is 115 Å². The van der Waals surface area contributed by atoms with E-state index < -0.39 is 0 Å². The van der Waals surface area contributed by atoms with Gasteiger partial charge in [0.1, 0.15) is 6.07 Å². The van der Waals surface area contributed by atoms with E-state index >= 15 is 0 Å². The number of pyridine rings is 1. The van der Waals surface area contributed by atoms with Crippen LogP contribution in [-0.2, 0) is 0 Å². The summed E-state index contributed by atoms with van der Waals surface area (Å²) < 4.78 is 4.57. The lowest BCUT2D eigenvalue weighted by Crippen LogP contribution is -2.08. The van der Waals surface area contributed by atoms with Crippen LogP contribution in [0.2, 0.25) is 0 Å². The van der Waals surface area contributed by atoms with E-state index in [1.165, 1.54) is 0 Å². The molecule has 0 aliphatic rings. The molecular weight excluding hydrogens is 731 g/mol. The van der Waals surface area contributed by atoms with Gasteiger partial charge in [0.15, 0.2) is 0 Å². The molecule has 0 atom stereocenters. The average Bonchev–Trinajstić information content (AvgIpc) is 3.84. The Balaban J connectivity index is 1.37. The molecule has 3 heterocycles. The Bertz CT molecular complexity index is 3680. The maximum Gasteiger partial charge on any atom is 0.220 e. The molecule has 0 saturated carbocycles. The fraction of sp³-hybridized carbons (Fsp3) is 0. The number of nitrogens with zero attached hydrogens (tertiary/aromatic N) is 5. The number of hydrogen-bond donors (Lipinski definition) is 0. The van der Waals surface area contributed by atoms with Gasteiger partial charge in [0.05, 0.1) is 51.1 Å². The molecule has 12 aromatic rings. The third-order valence-electron chi connectivity index (χ3n) is 12.2. The molecule has 5 nitrogen and oxygen atoms in total. The lowest BCUT2D eigenvalue weighted by molar-refractivity contribution is 1.13. The topological polar surface area (TPSA) is 50.9 Å². The predicted molar refractivity (Wildman–Crippen MR) is 246 cm³/mol. The molecule has 0 aliphatic carbocycles. The molecule has 0 bridgehead atoms. The first kappa shape index (κ1) is 33.6. The molecule has 0 N–H and O–H groups in total. The van der Waals surface area contributed by atoms with Crippen molar-refractivity contribution in [2.75, 3.05) is 0 Å². The van der Waals surface area contributed by atoms with Crippen LogP contribution in [0.4, 0.5) is 5.69 Å². The van der Waals surface area contributed by atoms with E-state index in [4.69, 9.17) is 11.6 Å². The Morgan fingerprint density at radius 3 is 1.65 bits per heavy atom. The van der Waals surface area contributed by atoms with Crippen molar-refractivity contribution in [2.45, 2.75) is 0 Å².